The summed E-state index contributed by atoms with van der Waals surface area (Å²) >= 11 is 6.16. The standard InChI is InChI=1S/C22H21ClN2/c1-2-8-17-15-24-22(16-9-4-3-5-10-16)25-20-12-7-6-11-18(20)19(13-14-23)21(17)25/h3-7,9-12,15H,2,8,13-14H2,1H3. The summed E-state index contributed by atoms with van der Waals surface area (Å²) in [5.41, 5.74) is 6.28. The van der Waals surface area contributed by atoms with Gasteiger partial charge in [0.05, 0.1) is 11.0 Å². The molecular formula is C22H21ClN2. The number of nitrogens with zero attached hydrogens (tertiary/aromatic N) is 2. The first-order chi connectivity index (χ1) is 12.3. The van der Waals surface area contributed by atoms with Crippen molar-refractivity contribution in [1.82, 2.24) is 9.38 Å². The minimum Gasteiger partial charge on any atom is -0.293 e. The maximum Gasteiger partial charge on any atom is 0.144 e. The Morgan fingerprint density at radius 1 is 0.960 bits per heavy atom. The molecule has 4 rings (SSSR count). The van der Waals surface area contributed by atoms with E-state index in [4.69, 9.17) is 16.6 Å². The van der Waals surface area contributed by atoms with Crippen LogP contribution in [0.4, 0.5) is 0 Å². The molecule has 0 saturated heterocycles. The van der Waals surface area contributed by atoms with Crippen molar-refractivity contribution in [3.8, 4) is 11.4 Å². The molecule has 4 aromatic rings. The first kappa shape index (κ1) is 16.2. The van der Waals surface area contributed by atoms with Crippen molar-refractivity contribution in [1.29, 1.82) is 0 Å². The van der Waals surface area contributed by atoms with Gasteiger partial charge in [0, 0.05) is 23.0 Å². The minimum absolute atomic E-state index is 0.623. The number of halogens is 1. The first-order valence-corrected chi connectivity index (χ1v) is 9.40. The molecule has 126 valence electrons. The Morgan fingerprint density at radius 3 is 2.48 bits per heavy atom. The van der Waals surface area contributed by atoms with E-state index in [9.17, 15) is 0 Å². The summed E-state index contributed by atoms with van der Waals surface area (Å²) in [4.78, 5) is 4.85. The van der Waals surface area contributed by atoms with Crippen LogP contribution < -0.4 is 0 Å². The largest absolute Gasteiger partial charge is 0.293 e. The molecule has 2 aromatic carbocycles. The molecule has 2 heterocycles. The van der Waals surface area contributed by atoms with Gasteiger partial charge < -0.3 is 0 Å². The Balaban J connectivity index is 2.16. The van der Waals surface area contributed by atoms with Crippen molar-refractivity contribution >= 4 is 28.0 Å². The van der Waals surface area contributed by atoms with Crippen LogP contribution in [0.25, 0.3) is 27.8 Å². The molecule has 2 aromatic heterocycles. The van der Waals surface area contributed by atoms with Crippen LogP contribution in [-0.4, -0.2) is 15.3 Å². The van der Waals surface area contributed by atoms with Gasteiger partial charge in [0.1, 0.15) is 5.82 Å². The molecule has 25 heavy (non-hydrogen) atoms. The van der Waals surface area contributed by atoms with Crippen molar-refractivity contribution in [2.75, 3.05) is 5.88 Å². The zero-order chi connectivity index (χ0) is 17.2. The highest BCUT2D eigenvalue weighted by Gasteiger charge is 2.18. The van der Waals surface area contributed by atoms with Gasteiger partial charge in [-0.15, -0.1) is 11.6 Å². The molecule has 3 heteroatoms. The van der Waals surface area contributed by atoms with Crippen LogP contribution >= 0.6 is 11.6 Å². The van der Waals surface area contributed by atoms with E-state index in [-0.39, 0.29) is 0 Å². The third-order valence-corrected chi connectivity index (χ3v) is 4.92. The van der Waals surface area contributed by atoms with E-state index in [0.717, 1.165) is 30.7 Å². The van der Waals surface area contributed by atoms with Gasteiger partial charge in [0.2, 0.25) is 0 Å². The second kappa shape index (κ2) is 6.89. The number of para-hydroxylation sites is 1. The predicted molar refractivity (Wildman–Crippen MR) is 107 cm³/mol. The molecule has 0 bridgehead atoms. The molecule has 0 radical (unpaired) electrons. The molecule has 0 spiro atoms. The van der Waals surface area contributed by atoms with Crippen LogP contribution in [0.2, 0.25) is 0 Å². The average Bonchev–Trinajstić information content (AvgIpc) is 2.99. The van der Waals surface area contributed by atoms with E-state index < -0.39 is 0 Å². The molecule has 0 atom stereocenters. The lowest BCUT2D eigenvalue weighted by molar-refractivity contribution is 0.908. The topological polar surface area (TPSA) is 17.3 Å². The number of benzene rings is 2. The normalized spacial score (nSPS) is 11.4. The summed E-state index contributed by atoms with van der Waals surface area (Å²) in [6, 6.07) is 19.0. The zero-order valence-corrected chi connectivity index (χ0v) is 15.1. The molecule has 0 aliphatic carbocycles. The maximum absolute atomic E-state index is 6.16. The lowest BCUT2D eigenvalue weighted by Crippen LogP contribution is -2.01. The van der Waals surface area contributed by atoms with Crippen LogP contribution in [0.15, 0.2) is 60.8 Å². The third-order valence-electron chi connectivity index (χ3n) is 4.73. The second-order valence-electron chi connectivity index (χ2n) is 6.34. The Labute approximate surface area is 153 Å². The quantitative estimate of drug-likeness (QED) is 0.411. The third kappa shape index (κ3) is 2.71. The van der Waals surface area contributed by atoms with Gasteiger partial charge in [-0.05, 0) is 30.0 Å². The van der Waals surface area contributed by atoms with Gasteiger partial charge in [-0.2, -0.15) is 0 Å². The summed E-state index contributed by atoms with van der Waals surface area (Å²) in [5, 5.41) is 1.28. The van der Waals surface area contributed by atoms with Crippen LogP contribution in [-0.2, 0) is 12.8 Å². The average molecular weight is 349 g/mol. The molecule has 0 saturated carbocycles. The van der Waals surface area contributed by atoms with E-state index in [0.29, 0.717) is 5.88 Å². The van der Waals surface area contributed by atoms with Gasteiger partial charge in [0.15, 0.2) is 0 Å². The van der Waals surface area contributed by atoms with Gasteiger partial charge in [-0.3, -0.25) is 4.40 Å². The van der Waals surface area contributed by atoms with Crippen LogP contribution in [0, 0.1) is 0 Å². The van der Waals surface area contributed by atoms with Crippen molar-refractivity contribution in [3.05, 3.63) is 71.9 Å². The number of rotatable bonds is 5. The number of fused-ring (bicyclic) bond motifs is 3. The SMILES string of the molecule is CCCc1cnc(-c2ccccc2)n2c1c(CCCl)c1ccccc12. The molecule has 0 fully saturated rings. The van der Waals surface area contributed by atoms with E-state index >= 15 is 0 Å². The number of hydrogen-bond acceptors (Lipinski definition) is 1. The summed E-state index contributed by atoms with van der Waals surface area (Å²) in [5.74, 6) is 1.62. The molecule has 0 aliphatic rings. The van der Waals surface area contributed by atoms with Crippen molar-refractivity contribution in [3.63, 3.8) is 0 Å². The molecule has 0 N–H and O–H groups in total. The maximum atomic E-state index is 6.16. The van der Waals surface area contributed by atoms with Crippen LogP contribution in [0.5, 0.6) is 0 Å². The van der Waals surface area contributed by atoms with Crippen LogP contribution in [0.3, 0.4) is 0 Å². The highest BCUT2D eigenvalue weighted by Crippen LogP contribution is 2.33. The highest BCUT2D eigenvalue weighted by molar-refractivity contribution is 6.18. The Kier molecular flexibility index (Phi) is 4.46. The summed E-state index contributed by atoms with van der Waals surface area (Å²) in [6.07, 6.45) is 5.05. The molecule has 0 amide bonds. The summed E-state index contributed by atoms with van der Waals surface area (Å²) in [6.45, 7) is 2.21. The van der Waals surface area contributed by atoms with Gasteiger partial charge in [-0.25, -0.2) is 4.98 Å². The fourth-order valence-electron chi connectivity index (χ4n) is 3.71. The van der Waals surface area contributed by atoms with Gasteiger partial charge in [0.25, 0.3) is 0 Å². The van der Waals surface area contributed by atoms with E-state index in [1.54, 1.807) is 0 Å². The summed E-state index contributed by atoms with van der Waals surface area (Å²) < 4.78 is 2.33. The molecular weight excluding hydrogens is 328 g/mol. The van der Waals surface area contributed by atoms with Crippen molar-refractivity contribution < 1.29 is 0 Å². The molecule has 0 aliphatic heterocycles. The minimum atomic E-state index is 0.623. The fraction of sp³-hybridized carbons (Fsp3) is 0.227. The van der Waals surface area contributed by atoms with E-state index in [1.165, 1.54) is 27.5 Å². The highest BCUT2D eigenvalue weighted by atomic mass is 35.5. The lowest BCUT2D eigenvalue weighted by Gasteiger charge is -2.11. The van der Waals surface area contributed by atoms with Gasteiger partial charge >= 0.3 is 0 Å². The predicted octanol–water partition coefficient (Wildman–Crippen LogP) is 5.89. The fourth-order valence-corrected chi connectivity index (χ4v) is 3.90. The van der Waals surface area contributed by atoms with Crippen molar-refractivity contribution in [2.45, 2.75) is 26.2 Å². The second-order valence-corrected chi connectivity index (χ2v) is 6.72. The summed E-state index contributed by atoms with van der Waals surface area (Å²) in [7, 11) is 0. The van der Waals surface area contributed by atoms with Crippen molar-refractivity contribution in [2.24, 2.45) is 0 Å². The smallest absolute Gasteiger partial charge is 0.144 e. The first-order valence-electron chi connectivity index (χ1n) is 8.86. The van der Waals surface area contributed by atoms with E-state index in [1.807, 2.05) is 6.07 Å². The Morgan fingerprint density at radius 2 is 1.72 bits per heavy atom. The molecule has 2 nitrogen and oxygen atoms in total. The van der Waals surface area contributed by atoms with Gasteiger partial charge in [-0.1, -0.05) is 61.9 Å². The van der Waals surface area contributed by atoms with Crippen LogP contribution in [0.1, 0.15) is 24.5 Å². The monoisotopic (exact) mass is 348 g/mol. The zero-order valence-electron chi connectivity index (χ0n) is 14.4. The number of aromatic nitrogens is 2. The number of aryl methyl sites for hydroxylation is 2. The number of hydrogen-bond donors (Lipinski definition) is 0. The Hall–Kier alpha value is -2.32. The lowest BCUT2D eigenvalue weighted by atomic mass is 10.0. The molecule has 0 unspecified atom stereocenters. The number of alkyl halides is 1. The Bertz CT molecular complexity index is 1020. The van der Waals surface area contributed by atoms with E-state index in [2.05, 4.69) is 66.1 Å².